The smallest absolute Gasteiger partial charge is 0.157 e. The van der Waals surface area contributed by atoms with Crippen molar-refractivity contribution in [1.29, 1.82) is 0 Å². The number of aliphatic hydroxyl groups is 1. The highest BCUT2D eigenvalue weighted by molar-refractivity contribution is 14.1. The molecular weight excluding hydrogens is 331 g/mol. The van der Waals surface area contributed by atoms with Crippen molar-refractivity contribution in [1.82, 2.24) is 0 Å². The number of ether oxygens (including phenoxy) is 1. The van der Waals surface area contributed by atoms with Crippen molar-refractivity contribution in [2.45, 2.75) is 70.7 Å². The van der Waals surface area contributed by atoms with Crippen molar-refractivity contribution in [3.8, 4) is 0 Å². The minimum Gasteiger partial charge on any atom is -0.368 e. The quantitative estimate of drug-likeness (QED) is 0.408. The van der Waals surface area contributed by atoms with Gasteiger partial charge in [-0.15, -0.1) is 0 Å². The van der Waals surface area contributed by atoms with E-state index in [1.807, 2.05) is 23.0 Å². The predicted molar refractivity (Wildman–Crippen MR) is 77.0 cm³/mol. The van der Waals surface area contributed by atoms with Gasteiger partial charge in [0.2, 0.25) is 0 Å². The largest absolute Gasteiger partial charge is 0.368 e. The normalized spacial score (nSPS) is 27.0. The van der Waals surface area contributed by atoms with E-state index in [-0.39, 0.29) is 0 Å². The summed E-state index contributed by atoms with van der Waals surface area (Å²) in [4.78, 5) is 0. The summed E-state index contributed by atoms with van der Waals surface area (Å²) in [7, 11) is 0. The predicted octanol–water partition coefficient (Wildman–Crippen LogP) is 3.83. The molecule has 0 aromatic rings. The Morgan fingerprint density at radius 3 is 2.47 bits per heavy atom. The molecule has 4 heteroatoms. The fraction of sp³-hybridized carbons (Fsp3) is 1.00. The monoisotopic (exact) mass is 356 g/mol. The molecule has 1 aliphatic carbocycles. The first kappa shape index (κ1) is 15.7. The lowest BCUT2D eigenvalue weighted by atomic mass is 9.87. The van der Waals surface area contributed by atoms with Crippen molar-refractivity contribution < 1.29 is 12.9 Å². The van der Waals surface area contributed by atoms with Gasteiger partial charge in [-0.2, -0.15) is 0 Å². The fourth-order valence-electron chi connectivity index (χ4n) is 2.33. The van der Waals surface area contributed by atoms with Gasteiger partial charge in [-0.05, 0) is 32.1 Å². The third-order valence-electron chi connectivity index (χ3n) is 3.53. The molecule has 1 atom stereocenters. The molecule has 17 heavy (non-hydrogen) atoms. The van der Waals surface area contributed by atoms with Crippen LogP contribution in [0.1, 0.15) is 58.3 Å². The standard InChI is InChI=1S/C13H25IO3/c1-2-3-4-5-10-16-13(15)11-6-8-12(17-14)9-7-11/h11-13,15H,2-10H2,1H3. The van der Waals surface area contributed by atoms with Crippen LogP contribution in [0.3, 0.4) is 0 Å². The maximum Gasteiger partial charge on any atom is 0.157 e. The minimum atomic E-state index is -0.563. The summed E-state index contributed by atoms with van der Waals surface area (Å²) < 4.78 is 10.8. The van der Waals surface area contributed by atoms with Crippen molar-refractivity contribution in [2.24, 2.45) is 5.92 Å². The van der Waals surface area contributed by atoms with Gasteiger partial charge in [0.1, 0.15) is 23.0 Å². The first-order chi connectivity index (χ1) is 8.27. The fourth-order valence-corrected chi connectivity index (χ4v) is 2.84. The highest BCUT2D eigenvalue weighted by Crippen LogP contribution is 2.30. The van der Waals surface area contributed by atoms with Gasteiger partial charge in [-0.1, -0.05) is 26.2 Å². The lowest BCUT2D eigenvalue weighted by Crippen LogP contribution is -2.30. The molecule has 0 aromatic heterocycles. The van der Waals surface area contributed by atoms with E-state index >= 15 is 0 Å². The molecule has 1 aliphatic rings. The summed E-state index contributed by atoms with van der Waals surface area (Å²) in [6, 6.07) is 0. The summed E-state index contributed by atoms with van der Waals surface area (Å²) in [5.74, 6) is 0.309. The molecule has 1 unspecified atom stereocenters. The molecule has 0 aliphatic heterocycles. The van der Waals surface area contributed by atoms with Crippen LogP contribution in [0, 0.1) is 5.92 Å². The highest BCUT2D eigenvalue weighted by atomic mass is 127. The third-order valence-corrected chi connectivity index (χ3v) is 4.25. The Balaban J connectivity index is 2.05. The number of rotatable bonds is 8. The average molecular weight is 356 g/mol. The maximum atomic E-state index is 9.92. The molecule has 1 fully saturated rings. The van der Waals surface area contributed by atoms with Crippen molar-refractivity contribution in [2.75, 3.05) is 6.61 Å². The summed E-state index contributed by atoms with van der Waals surface area (Å²) in [5, 5.41) is 9.92. The first-order valence-corrected chi connectivity index (χ1v) is 7.73. The molecule has 102 valence electrons. The van der Waals surface area contributed by atoms with Crippen LogP contribution in [0.2, 0.25) is 0 Å². The Hall–Kier alpha value is 0.610. The zero-order valence-corrected chi connectivity index (χ0v) is 12.9. The van der Waals surface area contributed by atoms with Crippen LogP contribution < -0.4 is 0 Å². The molecule has 0 amide bonds. The molecule has 0 radical (unpaired) electrons. The van der Waals surface area contributed by atoms with Crippen molar-refractivity contribution in [3.05, 3.63) is 0 Å². The van der Waals surface area contributed by atoms with Gasteiger partial charge in [-0.25, -0.2) is 0 Å². The summed E-state index contributed by atoms with van der Waals surface area (Å²) >= 11 is 1.97. The zero-order chi connectivity index (χ0) is 12.5. The molecule has 0 saturated heterocycles. The molecule has 1 N–H and O–H groups in total. The molecule has 3 nitrogen and oxygen atoms in total. The van der Waals surface area contributed by atoms with Crippen LogP contribution in [0.5, 0.6) is 0 Å². The van der Waals surface area contributed by atoms with Crippen LogP contribution in [-0.4, -0.2) is 24.1 Å². The Morgan fingerprint density at radius 2 is 1.88 bits per heavy atom. The molecule has 1 rings (SSSR count). The number of unbranched alkanes of at least 4 members (excludes halogenated alkanes) is 3. The summed E-state index contributed by atoms with van der Waals surface area (Å²) in [6.45, 7) is 2.90. The topological polar surface area (TPSA) is 38.7 Å². The van der Waals surface area contributed by atoms with E-state index in [1.54, 1.807) is 0 Å². The van der Waals surface area contributed by atoms with E-state index in [9.17, 15) is 5.11 Å². The highest BCUT2D eigenvalue weighted by Gasteiger charge is 2.26. The Kier molecular flexibility index (Phi) is 8.78. The van der Waals surface area contributed by atoms with E-state index in [4.69, 9.17) is 7.80 Å². The lowest BCUT2D eigenvalue weighted by molar-refractivity contribution is -0.144. The minimum absolute atomic E-state index is 0.309. The SMILES string of the molecule is CCCCCCOC(O)C1CCC(OI)CC1. The van der Waals surface area contributed by atoms with E-state index in [0.717, 1.165) is 32.1 Å². The van der Waals surface area contributed by atoms with E-state index in [1.165, 1.54) is 19.3 Å². The second kappa shape index (κ2) is 9.53. The molecule has 0 heterocycles. The van der Waals surface area contributed by atoms with Crippen LogP contribution in [-0.2, 0) is 7.80 Å². The number of aliphatic hydroxyl groups excluding tert-OH is 1. The van der Waals surface area contributed by atoms with E-state index in [0.29, 0.717) is 18.6 Å². The second-order valence-electron chi connectivity index (χ2n) is 4.95. The van der Waals surface area contributed by atoms with E-state index < -0.39 is 6.29 Å². The molecule has 0 spiro atoms. The maximum absolute atomic E-state index is 9.92. The zero-order valence-electron chi connectivity index (χ0n) is 10.7. The molecular formula is C13H25IO3. The van der Waals surface area contributed by atoms with Gasteiger partial charge in [0.05, 0.1) is 6.10 Å². The Bertz CT molecular complexity index is 182. The van der Waals surface area contributed by atoms with Gasteiger partial charge in [0.25, 0.3) is 0 Å². The number of hydrogen-bond acceptors (Lipinski definition) is 3. The molecule has 1 saturated carbocycles. The van der Waals surface area contributed by atoms with Gasteiger partial charge >= 0.3 is 0 Å². The van der Waals surface area contributed by atoms with Gasteiger partial charge in [0.15, 0.2) is 6.29 Å². The van der Waals surface area contributed by atoms with Crippen molar-refractivity contribution >= 4 is 23.0 Å². The number of halogens is 1. The van der Waals surface area contributed by atoms with Crippen molar-refractivity contribution in [3.63, 3.8) is 0 Å². The average Bonchev–Trinajstić information content (AvgIpc) is 2.38. The van der Waals surface area contributed by atoms with Gasteiger partial charge < -0.3 is 12.9 Å². The molecule has 0 aromatic carbocycles. The van der Waals surface area contributed by atoms with Crippen LogP contribution in [0.4, 0.5) is 0 Å². The summed E-state index contributed by atoms with van der Waals surface area (Å²) in [5.41, 5.74) is 0. The second-order valence-corrected chi connectivity index (χ2v) is 5.46. The van der Waals surface area contributed by atoms with E-state index in [2.05, 4.69) is 6.92 Å². The van der Waals surface area contributed by atoms with Gasteiger partial charge in [-0.3, -0.25) is 0 Å². The molecule has 0 bridgehead atoms. The van der Waals surface area contributed by atoms with Crippen LogP contribution in [0.15, 0.2) is 0 Å². The van der Waals surface area contributed by atoms with Gasteiger partial charge in [0, 0.05) is 12.5 Å². The Labute approximate surface area is 119 Å². The van der Waals surface area contributed by atoms with Crippen LogP contribution >= 0.6 is 23.0 Å². The summed E-state index contributed by atoms with van der Waals surface area (Å²) in [6.07, 6.45) is 8.72. The van der Waals surface area contributed by atoms with Crippen LogP contribution in [0.25, 0.3) is 0 Å². The number of hydrogen-bond donors (Lipinski definition) is 1. The first-order valence-electron chi connectivity index (χ1n) is 6.85. The Morgan fingerprint density at radius 1 is 1.18 bits per heavy atom. The third kappa shape index (κ3) is 6.36. The lowest BCUT2D eigenvalue weighted by Gasteiger charge is -2.29.